The van der Waals surface area contributed by atoms with Gasteiger partial charge in [0.15, 0.2) is 0 Å². The van der Waals surface area contributed by atoms with Gasteiger partial charge in [-0.15, -0.1) is 0 Å². The zero-order chi connectivity index (χ0) is 18.1. The summed E-state index contributed by atoms with van der Waals surface area (Å²) >= 11 is 0. The molecular weight excluding hydrogens is 320 g/mol. The Morgan fingerprint density at radius 3 is 2.60 bits per heavy atom. The van der Waals surface area contributed by atoms with Crippen LogP contribution in [0.3, 0.4) is 0 Å². The van der Waals surface area contributed by atoms with Crippen molar-refractivity contribution in [2.24, 2.45) is 0 Å². The van der Waals surface area contributed by atoms with Crippen LogP contribution in [0.5, 0.6) is 0 Å². The van der Waals surface area contributed by atoms with Gasteiger partial charge in [0.2, 0.25) is 0 Å². The Bertz CT molecular complexity index is 757. The number of pyridine rings is 1. The van der Waals surface area contributed by atoms with Gasteiger partial charge in [0.25, 0.3) is 0 Å². The number of esters is 2. The molecule has 25 heavy (non-hydrogen) atoms. The molecule has 1 heterocycles. The Morgan fingerprint density at radius 1 is 1.08 bits per heavy atom. The van der Waals surface area contributed by atoms with Gasteiger partial charge in [-0.05, 0) is 42.7 Å². The van der Waals surface area contributed by atoms with Crippen molar-refractivity contribution >= 4 is 17.6 Å². The molecule has 0 saturated carbocycles. The fourth-order valence-corrected chi connectivity index (χ4v) is 2.21. The molecule has 0 unspecified atom stereocenters. The highest BCUT2D eigenvalue weighted by Gasteiger charge is 2.13. The highest BCUT2D eigenvalue weighted by Crippen LogP contribution is 2.15. The van der Waals surface area contributed by atoms with E-state index in [2.05, 4.69) is 19.8 Å². The number of nitrogens with zero attached hydrogens (tertiary/aromatic N) is 1. The Hall–Kier alpha value is -3.15. The first-order chi connectivity index (χ1) is 12.1. The molecule has 130 valence electrons. The maximum Gasteiger partial charge on any atom is 0.354 e. The van der Waals surface area contributed by atoms with Gasteiger partial charge >= 0.3 is 11.9 Å². The van der Waals surface area contributed by atoms with Gasteiger partial charge in [-0.1, -0.05) is 18.2 Å². The van der Waals surface area contributed by atoms with E-state index in [0.29, 0.717) is 5.69 Å². The summed E-state index contributed by atoms with van der Waals surface area (Å²) in [5.41, 5.74) is 2.79. The summed E-state index contributed by atoms with van der Waals surface area (Å²) in [4.78, 5) is 27.5. The van der Waals surface area contributed by atoms with Gasteiger partial charge in [-0.25, -0.2) is 9.59 Å². The third-order valence-electron chi connectivity index (χ3n) is 3.47. The minimum Gasteiger partial charge on any atom is -0.466 e. The van der Waals surface area contributed by atoms with E-state index in [1.807, 2.05) is 36.4 Å². The number of rotatable bonds is 7. The molecular formula is C19H20N2O4. The van der Waals surface area contributed by atoms with E-state index in [9.17, 15) is 9.59 Å². The Kier molecular flexibility index (Phi) is 6.71. The molecule has 0 spiro atoms. The number of methoxy groups -OCH3 is 2. The number of hydrogen-bond acceptors (Lipinski definition) is 6. The van der Waals surface area contributed by atoms with E-state index in [0.717, 1.165) is 30.2 Å². The van der Waals surface area contributed by atoms with Crippen LogP contribution in [0.15, 0.2) is 60.4 Å². The smallest absolute Gasteiger partial charge is 0.354 e. The van der Waals surface area contributed by atoms with Crippen LogP contribution >= 0.6 is 0 Å². The van der Waals surface area contributed by atoms with E-state index < -0.39 is 11.9 Å². The molecule has 0 aliphatic rings. The van der Waals surface area contributed by atoms with E-state index in [1.165, 1.54) is 14.2 Å². The number of carbonyl (C=O) groups is 2. The van der Waals surface area contributed by atoms with Gasteiger partial charge in [-0.2, -0.15) is 0 Å². The molecule has 0 aliphatic heterocycles. The third-order valence-corrected chi connectivity index (χ3v) is 3.47. The van der Waals surface area contributed by atoms with E-state index in [-0.39, 0.29) is 5.70 Å². The lowest BCUT2D eigenvalue weighted by molar-refractivity contribution is -0.138. The second-order valence-electron chi connectivity index (χ2n) is 5.22. The Balaban J connectivity index is 2.09. The number of anilines is 1. The minimum atomic E-state index is -0.649. The molecule has 2 rings (SSSR count). The summed E-state index contributed by atoms with van der Waals surface area (Å²) in [6, 6.07) is 13.4. The van der Waals surface area contributed by atoms with Crippen molar-refractivity contribution in [3.63, 3.8) is 0 Å². The van der Waals surface area contributed by atoms with Gasteiger partial charge in [-0.3, -0.25) is 4.98 Å². The van der Waals surface area contributed by atoms with Gasteiger partial charge in [0.05, 0.1) is 20.3 Å². The topological polar surface area (TPSA) is 77.5 Å². The molecule has 2 aromatic rings. The van der Waals surface area contributed by atoms with Crippen LogP contribution in [0.1, 0.15) is 11.3 Å². The first kappa shape index (κ1) is 18.2. The first-order valence-corrected chi connectivity index (χ1v) is 7.76. The van der Waals surface area contributed by atoms with Crippen molar-refractivity contribution in [3.05, 3.63) is 71.7 Å². The van der Waals surface area contributed by atoms with Crippen LogP contribution in [0.25, 0.3) is 0 Å². The molecule has 6 nitrogen and oxygen atoms in total. The van der Waals surface area contributed by atoms with Gasteiger partial charge in [0, 0.05) is 17.6 Å². The fraction of sp³-hybridized carbons (Fsp3) is 0.211. The fourth-order valence-electron chi connectivity index (χ4n) is 2.21. The molecule has 0 fully saturated rings. The predicted octanol–water partition coefficient (Wildman–Crippen LogP) is 2.51. The first-order valence-electron chi connectivity index (χ1n) is 7.76. The SMILES string of the molecule is COC(=O)/C=C(/Nc1cccc(CCc2ccccn2)c1)C(=O)OC. The van der Waals surface area contributed by atoms with Crippen molar-refractivity contribution < 1.29 is 19.1 Å². The number of benzene rings is 1. The lowest BCUT2D eigenvalue weighted by atomic mass is 10.1. The van der Waals surface area contributed by atoms with Crippen molar-refractivity contribution in [1.82, 2.24) is 4.98 Å². The number of carbonyl (C=O) groups excluding carboxylic acids is 2. The average Bonchev–Trinajstić information content (AvgIpc) is 2.66. The summed E-state index contributed by atoms with van der Waals surface area (Å²) in [5, 5.41) is 2.90. The summed E-state index contributed by atoms with van der Waals surface area (Å²) in [6.07, 6.45) is 4.45. The molecule has 0 atom stereocenters. The lowest BCUT2D eigenvalue weighted by Crippen LogP contribution is -2.15. The van der Waals surface area contributed by atoms with Crippen molar-refractivity contribution in [1.29, 1.82) is 0 Å². The van der Waals surface area contributed by atoms with Crippen LogP contribution in [0.2, 0.25) is 0 Å². The van der Waals surface area contributed by atoms with Crippen LogP contribution in [-0.4, -0.2) is 31.1 Å². The summed E-state index contributed by atoms with van der Waals surface area (Å²) in [6.45, 7) is 0. The predicted molar refractivity (Wildman–Crippen MR) is 93.8 cm³/mol. The molecule has 1 N–H and O–H groups in total. The second kappa shape index (κ2) is 9.22. The number of aromatic nitrogens is 1. The largest absolute Gasteiger partial charge is 0.466 e. The normalized spacial score (nSPS) is 10.9. The second-order valence-corrected chi connectivity index (χ2v) is 5.22. The molecule has 1 aromatic heterocycles. The molecule has 0 saturated heterocycles. The lowest BCUT2D eigenvalue weighted by Gasteiger charge is -2.10. The van der Waals surface area contributed by atoms with Crippen molar-refractivity contribution in [3.8, 4) is 0 Å². The molecule has 6 heteroatoms. The van der Waals surface area contributed by atoms with Crippen LogP contribution < -0.4 is 5.32 Å². The summed E-state index contributed by atoms with van der Waals surface area (Å²) in [5.74, 6) is -1.29. The molecule has 0 bridgehead atoms. The zero-order valence-electron chi connectivity index (χ0n) is 14.2. The quantitative estimate of drug-likeness (QED) is 0.616. The maximum atomic E-state index is 11.8. The third kappa shape index (κ3) is 5.76. The Labute approximate surface area is 146 Å². The molecule has 0 radical (unpaired) electrons. The number of aryl methyl sites for hydroxylation is 2. The monoisotopic (exact) mass is 340 g/mol. The number of ether oxygens (including phenoxy) is 2. The molecule has 0 amide bonds. The summed E-state index contributed by atoms with van der Waals surface area (Å²) in [7, 11) is 2.49. The standard InChI is InChI=1S/C19H20N2O4/c1-24-18(22)13-17(19(23)25-2)21-16-8-5-6-14(12-16)9-10-15-7-3-4-11-20-15/h3-8,11-13,21H,9-10H2,1-2H3/b17-13+. The van der Waals surface area contributed by atoms with E-state index in [1.54, 1.807) is 12.3 Å². The Morgan fingerprint density at radius 2 is 1.92 bits per heavy atom. The molecule has 0 aliphatic carbocycles. The maximum absolute atomic E-state index is 11.8. The van der Waals surface area contributed by atoms with Crippen LogP contribution in [0, 0.1) is 0 Å². The van der Waals surface area contributed by atoms with Crippen molar-refractivity contribution in [2.45, 2.75) is 12.8 Å². The average molecular weight is 340 g/mol. The molecule has 1 aromatic carbocycles. The van der Waals surface area contributed by atoms with Gasteiger partial charge in [0.1, 0.15) is 5.70 Å². The van der Waals surface area contributed by atoms with Gasteiger partial charge < -0.3 is 14.8 Å². The van der Waals surface area contributed by atoms with Crippen LogP contribution in [-0.2, 0) is 31.9 Å². The minimum absolute atomic E-state index is 0.0104. The highest BCUT2D eigenvalue weighted by molar-refractivity contribution is 5.98. The van der Waals surface area contributed by atoms with Crippen LogP contribution in [0.4, 0.5) is 5.69 Å². The number of hydrogen-bond donors (Lipinski definition) is 1. The van der Waals surface area contributed by atoms with E-state index in [4.69, 9.17) is 0 Å². The highest BCUT2D eigenvalue weighted by atomic mass is 16.5. The summed E-state index contributed by atoms with van der Waals surface area (Å²) < 4.78 is 9.23. The number of nitrogens with one attached hydrogen (secondary N) is 1. The van der Waals surface area contributed by atoms with Crippen molar-refractivity contribution in [2.75, 3.05) is 19.5 Å². The van der Waals surface area contributed by atoms with E-state index >= 15 is 0 Å². The zero-order valence-corrected chi connectivity index (χ0v) is 14.2.